The second-order valence-electron chi connectivity index (χ2n) is 3.56. The van der Waals surface area contributed by atoms with Crippen molar-refractivity contribution in [1.29, 1.82) is 0 Å². The highest BCUT2D eigenvalue weighted by Crippen LogP contribution is 2.32. The summed E-state index contributed by atoms with van der Waals surface area (Å²) in [6, 6.07) is -2.91. The number of urea groups is 1. The van der Waals surface area contributed by atoms with Gasteiger partial charge in [-0.05, 0) is 6.92 Å². The number of carbonyl (C=O) groups excluding carboxylic acids is 2. The Morgan fingerprint density at radius 3 is 2.35 bits per heavy atom. The van der Waals surface area contributed by atoms with Gasteiger partial charge in [-0.1, -0.05) is 5.21 Å². The minimum atomic E-state index is -5.10. The summed E-state index contributed by atoms with van der Waals surface area (Å²) in [7, 11) is 0. The summed E-state index contributed by atoms with van der Waals surface area (Å²) in [6.45, 7) is 0.966. The van der Waals surface area contributed by atoms with E-state index >= 15 is 0 Å². The lowest BCUT2D eigenvalue weighted by molar-refractivity contribution is -0.146. The van der Waals surface area contributed by atoms with Crippen LogP contribution in [0.3, 0.4) is 0 Å². The van der Waals surface area contributed by atoms with Crippen LogP contribution in [-0.4, -0.2) is 38.0 Å². The Balaban J connectivity index is 3.29. The Morgan fingerprint density at radius 2 is 1.95 bits per heavy atom. The molecule has 1 aromatic heterocycles. The number of carboxylic acid groups (broad SMARTS) is 1. The molecule has 0 fully saturated rings. The van der Waals surface area contributed by atoms with E-state index < -0.39 is 41.5 Å². The first-order valence-electron chi connectivity index (χ1n) is 4.91. The second kappa shape index (κ2) is 5.14. The Labute approximate surface area is 108 Å². The molecule has 3 amide bonds. The number of alkyl halides is 3. The first kappa shape index (κ1) is 15.4. The zero-order valence-corrected chi connectivity index (χ0v) is 9.80. The number of aromatic carboxylic acids is 1. The van der Waals surface area contributed by atoms with Crippen molar-refractivity contribution < 1.29 is 32.7 Å². The fourth-order valence-corrected chi connectivity index (χ4v) is 1.31. The molecule has 0 aliphatic heterocycles. The molecule has 1 unspecified atom stereocenters. The van der Waals surface area contributed by atoms with Crippen molar-refractivity contribution in [3.8, 4) is 0 Å². The van der Waals surface area contributed by atoms with Gasteiger partial charge in [-0.3, -0.25) is 10.1 Å². The van der Waals surface area contributed by atoms with E-state index in [4.69, 9.17) is 5.11 Å². The van der Waals surface area contributed by atoms with E-state index in [-0.39, 0.29) is 4.68 Å². The topological polar surface area (TPSA) is 140 Å². The molecule has 1 aromatic rings. The summed E-state index contributed by atoms with van der Waals surface area (Å²) in [5.41, 5.74) is 1.59. The third kappa shape index (κ3) is 3.02. The van der Waals surface area contributed by atoms with Crippen LogP contribution in [-0.2, 0) is 11.0 Å². The number of aromatic nitrogens is 3. The number of nitrogens with zero attached hydrogens (tertiary/aromatic N) is 3. The van der Waals surface area contributed by atoms with Crippen LogP contribution in [0.2, 0.25) is 0 Å². The quantitative estimate of drug-likeness (QED) is 0.702. The van der Waals surface area contributed by atoms with Crippen molar-refractivity contribution in [3.63, 3.8) is 0 Å². The monoisotopic (exact) mass is 295 g/mol. The number of primary amides is 1. The maximum atomic E-state index is 12.8. The molecule has 12 heteroatoms. The van der Waals surface area contributed by atoms with Crippen LogP contribution in [0.25, 0.3) is 0 Å². The van der Waals surface area contributed by atoms with Crippen molar-refractivity contribution >= 4 is 17.9 Å². The predicted octanol–water partition coefficient (Wildman–Crippen LogP) is -0.249. The second-order valence-corrected chi connectivity index (χ2v) is 3.56. The van der Waals surface area contributed by atoms with Crippen molar-refractivity contribution in [2.45, 2.75) is 19.1 Å². The Bertz CT molecular complexity index is 567. The highest BCUT2D eigenvalue weighted by molar-refractivity contribution is 5.95. The van der Waals surface area contributed by atoms with Gasteiger partial charge in [0.25, 0.3) is 5.91 Å². The van der Waals surface area contributed by atoms with Gasteiger partial charge in [0.1, 0.15) is 6.04 Å². The standard InChI is InChI=1S/C8H8F3N5O4/c1-2(5(17)13-7(12)20)16-4(8(9,10)11)3(6(18)19)14-15-16/h2H,1H3,(H,18,19)(H3,12,13,17,20). The summed E-state index contributed by atoms with van der Waals surface area (Å²) < 4.78 is 38.5. The van der Waals surface area contributed by atoms with Crippen molar-refractivity contribution in [3.05, 3.63) is 11.4 Å². The minimum Gasteiger partial charge on any atom is -0.476 e. The molecule has 9 nitrogen and oxygen atoms in total. The molecule has 4 N–H and O–H groups in total. The van der Waals surface area contributed by atoms with Gasteiger partial charge in [-0.2, -0.15) is 13.2 Å². The van der Waals surface area contributed by atoms with Crippen LogP contribution in [0.4, 0.5) is 18.0 Å². The molecular formula is C8H8F3N5O4. The van der Waals surface area contributed by atoms with Gasteiger partial charge in [0.15, 0.2) is 5.69 Å². The number of imide groups is 1. The minimum absolute atomic E-state index is 0.0573. The molecule has 0 spiro atoms. The van der Waals surface area contributed by atoms with Crippen LogP contribution >= 0.6 is 0 Å². The van der Waals surface area contributed by atoms with Crippen LogP contribution in [0.15, 0.2) is 0 Å². The normalized spacial score (nSPS) is 12.8. The number of nitrogens with one attached hydrogen (secondary N) is 1. The van der Waals surface area contributed by atoms with Gasteiger partial charge in [-0.15, -0.1) is 5.10 Å². The third-order valence-electron chi connectivity index (χ3n) is 2.16. The van der Waals surface area contributed by atoms with Gasteiger partial charge in [0.2, 0.25) is 5.69 Å². The summed E-state index contributed by atoms with van der Waals surface area (Å²) in [4.78, 5) is 32.5. The van der Waals surface area contributed by atoms with Crippen LogP contribution in [0, 0.1) is 0 Å². The maximum Gasteiger partial charge on any atom is 0.435 e. The van der Waals surface area contributed by atoms with E-state index in [9.17, 15) is 27.6 Å². The summed E-state index contributed by atoms with van der Waals surface area (Å²) in [5.74, 6) is -3.14. The molecule has 0 saturated heterocycles. The van der Waals surface area contributed by atoms with Crippen LogP contribution < -0.4 is 11.1 Å². The zero-order chi connectivity index (χ0) is 15.7. The highest BCUT2D eigenvalue weighted by Gasteiger charge is 2.43. The van der Waals surface area contributed by atoms with E-state index in [1.54, 1.807) is 5.32 Å². The average molecular weight is 295 g/mol. The van der Waals surface area contributed by atoms with E-state index in [1.807, 2.05) is 0 Å². The summed E-state index contributed by atoms with van der Waals surface area (Å²) in [6.07, 6.45) is -5.10. The SMILES string of the molecule is CC(C(=O)NC(N)=O)n1nnc(C(=O)O)c1C(F)(F)F. The number of hydrogen-bond acceptors (Lipinski definition) is 5. The number of amides is 3. The molecular weight excluding hydrogens is 287 g/mol. The predicted molar refractivity (Wildman–Crippen MR) is 54.4 cm³/mol. The lowest BCUT2D eigenvalue weighted by Gasteiger charge is -2.15. The van der Waals surface area contributed by atoms with E-state index in [2.05, 4.69) is 16.0 Å². The number of nitrogens with two attached hydrogens (primary N) is 1. The van der Waals surface area contributed by atoms with E-state index in [1.165, 1.54) is 0 Å². The van der Waals surface area contributed by atoms with E-state index in [0.29, 0.717) is 0 Å². The average Bonchev–Trinajstić information content (AvgIpc) is 2.70. The molecule has 110 valence electrons. The molecule has 1 atom stereocenters. The molecule has 1 rings (SSSR count). The number of rotatable bonds is 3. The molecule has 0 aliphatic rings. The Hall–Kier alpha value is -2.66. The largest absolute Gasteiger partial charge is 0.476 e. The number of carbonyl (C=O) groups is 3. The van der Waals surface area contributed by atoms with Crippen LogP contribution in [0.1, 0.15) is 29.1 Å². The molecule has 0 aliphatic carbocycles. The van der Waals surface area contributed by atoms with Gasteiger partial charge in [0.05, 0.1) is 0 Å². The molecule has 20 heavy (non-hydrogen) atoms. The lowest BCUT2D eigenvalue weighted by atomic mass is 10.2. The van der Waals surface area contributed by atoms with Gasteiger partial charge in [0, 0.05) is 0 Å². The highest BCUT2D eigenvalue weighted by atomic mass is 19.4. The number of hydrogen-bond donors (Lipinski definition) is 3. The first-order chi connectivity index (χ1) is 9.05. The molecule has 0 saturated carbocycles. The maximum absolute atomic E-state index is 12.8. The van der Waals surface area contributed by atoms with Crippen LogP contribution in [0.5, 0.6) is 0 Å². The molecule has 1 heterocycles. The van der Waals surface area contributed by atoms with Gasteiger partial charge < -0.3 is 10.8 Å². The summed E-state index contributed by atoms with van der Waals surface area (Å²) >= 11 is 0. The van der Waals surface area contributed by atoms with Crippen molar-refractivity contribution in [2.24, 2.45) is 5.73 Å². The number of carboxylic acids is 1. The lowest BCUT2D eigenvalue weighted by Crippen LogP contribution is -2.40. The fraction of sp³-hybridized carbons (Fsp3) is 0.375. The van der Waals surface area contributed by atoms with Crippen molar-refractivity contribution in [1.82, 2.24) is 20.3 Å². The van der Waals surface area contributed by atoms with E-state index in [0.717, 1.165) is 6.92 Å². The summed E-state index contributed by atoms with van der Waals surface area (Å²) in [5, 5.41) is 16.0. The van der Waals surface area contributed by atoms with Crippen molar-refractivity contribution in [2.75, 3.05) is 0 Å². The molecule has 0 radical (unpaired) electrons. The van der Waals surface area contributed by atoms with Gasteiger partial charge >= 0.3 is 18.2 Å². The third-order valence-corrected chi connectivity index (χ3v) is 2.16. The molecule has 0 bridgehead atoms. The van der Waals surface area contributed by atoms with Gasteiger partial charge in [-0.25, -0.2) is 14.3 Å². The fourth-order valence-electron chi connectivity index (χ4n) is 1.31. The number of halogens is 3. The zero-order valence-electron chi connectivity index (χ0n) is 9.80. The first-order valence-corrected chi connectivity index (χ1v) is 4.91. The Morgan fingerprint density at radius 1 is 1.40 bits per heavy atom. The molecule has 0 aromatic carbocycles. The smallest absolute Gasteiger partial charge is 0.435 e. The Kier molecular flexibility index (Phi) is 3.96.